The largest absolute Gasteiger partial charge is 0.215 e. The second-order valence-corrected chi connectivity index (χ2v) is 11.3. The van der Waals surface area contributed by atoms with Gasteiger partial charge in [-0.2, -0.15) is 0 Å². The SMILES string of the molecule is Cc1cc(F)cc(F)c1-c1cc([Si](C)(C)C)cc[n+]1C. The Bertz CT molecular complexity index is 637. The van der Waals surface area contributed by atoms with E-state index in [1.165, 1.54) is 11.3 Å². The third kappa shape index (κ3) is 2.80. The fourth-order valence-corrected chi connectivity index (χ4v) is 3.46. The average molecular weight is 292 g/mol. The van der Waals surface area contributed by atoms with Crippen molar-refractivity contribution in [3.05, 3.63) is 47.7 Å². The molecular formula is C16H20F2NSi+. The predicted octanol–water partition coefficient (Wildman–Crippen LogP) is 3.31. The Morgan fingerprint density at radius 3 is 2.25 bits per heavy atom. The standard InChI is InChI=1S/C16H20F2NSi/c1-11-8-12(17)9-14(18)16(11)15-10-13(20(3,4)5)6-7-19(15)2/h6-10H,1-5H3/q+1. The Labute approximate surface area is 119 Å². The maximum absolute atomic E-state index is 14.2. The summed E-state index contributed by atoms with van der Waals surface area (Å²) in [5.74, 6) is -1.04. The summed E-state index contributed by atoms with van der Waals surface area (Å²) >= 11 is 0. The molecule has 2 rings (SSSR count). The summed E-state index contributed by atoms with van der Waals surface area (Å²) in [7, 11) is 0.404. The van der Waals surface area contributed by atoms with E-state index >= 15 is 0 Å². The van der Waals surface area contributed by atoms with Crippen LogP contribution in [0.4, 0.5) is 8.78 Å². The molecular weight excluding hydrogens is 272 g/mol. The Balaban J connectivity index is 2.70. The lowest BCUT2D eigenvalue weighted by Gasteiger charge is -2.17. The molecule has 0 saturated carbocycles. The molecule has 0 aliphatic carbocycles. The molecule has 4 heteroatoms. The molecule has 0 aliphatic rings. The fraction of sp³-hybridized carbons (Fsp3) is 0.312. The minimum Gasteiger partial charge on any atom is -0.207 e. The quantitative estimate of drug-likeness (QED) is 0.590. The summed E-state index contributed by atoms with van der Waals surface area (Å²) in [4.78, 5) is 0. The van der Waals surface area contributed by atoms with Gasteiger partial charge in [-0.25, -0.2) is 13.3 Å². The number of aromatic nitrogens is 1. The average Bonchev–Trinajstić information content (AvgIpc) is 2.28. The van der Waals surface area contributed by atoms with Crippen molar-refractivity contribution >= 4 is 13.3 Å². The molecule has 1 heterocycles. The van der Waals surface area contributed by atoms with Crippen LogP contribution in [-0.2, 0) is 7.05 Å². The molecule has 2 aromatic rings. The third-order valence-corrected chi connectivity index (χ3v) is 5.57. The number of benzene rings is 1. The second kappa shape index (κ2) is 5.09. The monoisotopic (exact) mass is 292 g/mol. The first-order valence-corrected chi connectivity index (χ1v) is 10.2. The summed E-state index contributed by atoms with van der Waals surface area (Å²) in [5, 5.41) is 1.26. The normalized spacial score (nSPS) is 11.8. The highest BCUT2D eigenvalue weighted by molar-refractivity contribution is 6.88. The fourth-order valence-electron chi connectivity index (χ4n) is 2.31. The first kappa shape index (κ1) is 14.8. The molecule has 0 N–H and O–H groups in total. The van der Waals surface area contributed by atoms with E-state index in [0.717, 1.165) is 11.8 Å². The van der Waals surface area contributed by atoms with Crippen LogP contribution in [0.25, 0.3) is 11.3 Å². The van der Waals surface area contributed by atoms with Gasteiger partial charge in [-0.05, 0) is 23.7 Å². The molecule has 1 nitrogen and oxygen atoms in total. The Morgan fingerprint density at radius 1 is 1.05 bits per heavy atom. The number of pyridine rings is 1. The molecule has 1 aromatic heterocycles. The number of aryl methyl sites for hydroxylation is 2. The van der Waals surface area contributed by atoms with Crippen LogP contribution in [0.1, 0.15) is 5.56 Å². The highest BCUT2D eigenvalue weighted by Gasteiger charge is 2.23. The van der Waals surface area contributed by atoms with Crippen LogP contribution in [0.5, 0.6) is 0 Å². The first-order valence-electron chi connectivity index (χ1n) is 6.66. The van der Waals surface area contributed by atoms with Crippen molar-refractivity contribution in [1.29, 1.82) is 0 Å². The third-order valence-electron chi connectivity index (χ3n) is 3.52. The summed E-state index contributed by atoms with van der Waals surface area (Å²) < 4.78 is 29.3. The van der Waals surface area contributed by atoms with E-state index in [1.807, 2.05) is 23.9 Å². The van der Waals surface area contributed by atoms with E-state index in [4.69, 9.17) is 0 Å². The molecule has 0 fully saturated rings. The minimum absolute atomic E-state index is 0.481. The number of hydrogen-bond acceptors (Lipinski definition) is 0. The van der Waals surface area contributed by atoms with E-state index in [2.05, 4.69) is 25.7 Å². The molecule has 0 bridgehead atoms. The maximum Gasteiger partial charge on any atom is 0.215 e. The number of halogens is 2. The van der Waals surface area contributed by atoms with Crippen molar-refractivity contribution in [3.8, 4) is 11.3 Å². The van der Waals surface area contributed by atoms with E-state index in [-0.39, 0.29) is 0 Å². The second-order valence-electron chi connectivity index (χ2n) is 6.24. The van der Waals surface area contributed by atoms with E-state index in [9.17, 15) is 8.78 Å². The highest BCUT2D eigenvalue weighted by atomic mass is 28.3. The molecule has 106 valence electrons. The van der Waals surface area contributed by atoms with Gasteiger partial charge in [0.15, 0.2) is 6.20 Å². The van der Waals surface area contributed by atoms with Crippen LogP contribution in [0.3, 0.4) is 0 Å². The smallest absolute Gasteiger partial charge is 0.207 e. The topological polar surface area (TPSA) is 3.88 Å². The van der Waals surface area contributed by atoms with Gasteiger partial charge in [0.2, 0.25) is 5.69 Å². The molecule has 0 amide bonds. The number of hydrogen-bond donors (Lipinski definition) is 0. The minimum atomic E-state index is -1.48. The van der Waals surface area contributed by atoms with E-state index in [0.29, 0.717) is 11.1 Å². The van der Waals surface area contributed by atoms with E-state index < -0.39 is 19.7 Å². The maximum atomic E-state index is 14.2. The van der Waals surface area contributed by atoms with Gasteiger partial charge in [0.25, 0.3) is 0 Å². The summed E-state index contributed by atoms with van der Waals surface area (Å²) in [6.45, 7) is 8.49. The molecule has 0 atom stereocenters. The zero-order chi connectivity index (χ0) is 15.1. The van der Waals surface area contributed by atoms with Crippen LogP contribution in [0, 0.1) is 18.6 Å². The predicted molar refractivity (Wildman–Crippen MR) is 80.7 cm³/mol. The summed E-state index contributed by atoms with van der Waals surface area (Å²) in [5.41, 5.74) is 1.89. The van der Waals surface area contributed by atoms with Gasteiger partial charge in [0.1, 0.15) is 18.7 Å². The van der Waals surface area contributed by atoms with Gasteiger partial charge >= 0.3 is 0 Å². The lowest BCUT2D eigenvalue weighted by Crippen LogP contribution is -2.42. The molecule has 0 spiro atoms. The molecule has 0 aliphatic heterocycles. The molecule has 0 radical (unpaired) electrons. The van der Waals surface area contributed by atoms with Gasteiger partial charge in [0.05, 0.1) is 13.6 Å². The van der Waals surface area contributed by atoms with Crippen molar-refractivity contribution in [2.75, 3.05) is 0 Å². The van der Waals surface area contributed by atoms with Crippen molar-refractivity contribution in [1.82, 2.24) is 0 Å². The van der Waals surface area contributed by atoms with Gasteiger partial charge in [-0.3, -0.25) is 0 Å². The van der Waals surface area contributed by atoms with Crippen LogP contribution in [-0.4, -0.2) is 8.07 Å². The molecule has 1 aromatic carbocycles. The van der Waals surface area contributed by atoms with Crippen molar-refractivity contribution < 1.29 is 13.3 Å². The van der Waals surface area contributed by atoms with Gasteiger partial charge < -0.3 is 0 Å². The van der Waals surface area contributed by atoms with Crippen molar-refractivity contribution in [2.45, 2.75) is 26.6 Å². The lowest BCUT2D eigenvalue weighted by atomic mass is 10.0. The van der Waals surface area contributed by atoms with Gasteiger partial charge in [-0.15, -0.1) is 0 Å². The van der Waals surface area contributed by atoms with Crippen molar-refractivity contribution in [3.63, 3.8) is 0 Å². The highest BCUT2D eigenvalue weighted by Crippen LogP contribution is 2.24. The molecule has 20 heavy (non-hydrogen) atoms. The Hall–Kier alpha value is -1.55. The number of nitrogens with zero attached hydrogens (tertiary/aromatic N) is 1. The van der Waals surface area contributed by atoms with Crippen molar-refractivity contribution in [2.24, 2.45) is 7.05 Å². The van der Waals surface area contributed by atoms with Crippen LogP contribution in [0.15, 0.2) is 30.5 Å². The zero-order valence-electron chi connectivity index (χ0n) is 12.6. The Kier molecular flexibility index (Phi) is 3.78. The van der Waals surface area contributed by atoms with Crippen LogP contribution < -0.4 is 9.75 Å². The van der Waals surface area contributed by atoms with Gasteiger partial charge in [0, 0.05) is 18.2 Å². The number of rotatable bonds is 2. The Morgan fingerprint density at radius 2 is 1.70 bits per heavy atom. The molecule has 0 unspecified atom stereocenters. The molecule has 0 saturated heterocycles. The van der Waals surface area contributed by atoms with Gasteiger partial charge in [-0.1, -0.05) is 19.6 Å². The summed E-state index contributed by atoms with van der Waals surface area (Å²) in [6, 6.07) is 6.45. The van der Waals surface area contributed by atoms with E-state index in [1.54, 1.807) is 6.92 Å². The zero-order valence-corrected chi connectivity index (χ0v) is 13.6. The summed E-state index contributed by atoms with van der Waals surface area (Å²) in [6.07, 6.45) is 1.95. The van der Waals surface area contributed by atoms with Crippen LogP contribution >= 0.6 is 0 Å². The van der Waals surface area contributed by atoms with Crippen LogP contribution in [0.2, 0.25) is 19.6 Å². The lowest BCUT2D eigenvalue weighted by molar-refractivity contribution is -0.660. The first-order chi connectivity index (χ1) is 9.20.